The number of aromatic nitrogens is 6. The molecule has 6 aromatic rings. The highest BCUT2D eigenvalue weighted by Gasteiger charge is 2.20. The summed E-state index contributed by atoms with van der Waals surface area (Å²) in [5.41, 5.74) is 3.81. The van der Waals surface area contributed by atoms with Gasteiger partial charge in [0.25, 0.3) is 0 Å². The summed E-state index contributed by atoms with van der Waals surface area (Å²) in [5, 5.41) is 8.67. The monoisotopic (exact) mass is 1160 g/mol. The molecule has 8 rings (SSSR count). The lowest BCUT2D eigenvalue weighted by atomic mass is 10.1. The Balaban J connectivity index is 0.855. The molecule has 452 valence electrons. The van der Waals surface area contributed by atoms with Crippen molar-refractivity contribution < 1.29 is 80.3 Å². The molecule has 0 saturated carbocycles. The van der Waals surface area contributed by atoms with E-state index in [-0.39, 0.29) is 63.4 Å². The summed E-state index contributed by atoms with van der Waals surface area (Å²) in [6, 6.07) is 22.0. The number of fused-ring (bicyclic) bond motifs is 8. The fraction of sp³-hybridized carbons (Fsp3) is 0.508. The van der Waals surface area contributed by atoms with E-state index in [0.29, 0.717) is 119 Å². The lowest BCUT2D eigenvalue weighted by Gasteiger charge is -2.14. The topological polar surface area (TPSA) is 205 Å². The lowest BCUT2D eigenvalue weighted by Crippen LogP contribution is -2.32. The molecule has 21 nitrogen and oxygen atoms in total. The van der Waals surface area contributed by atoms with E-state index in [0.717, 1.165) is 25.9 Å². The van der Waals surface area contributed by atoms with Crippen LogP contribution in [0.2, 0.25) is 0 Å². The number of hydrogen-bond acceptors (Lipinski definition) is 18. The van der Waals surface area contributed by atoms with E-state index >= 15 is 0 Å². The van der Waals surface area contributed by atoms with Crippen LogP contribution in [0.25, 0.3) is 11.1 Å². The first kappa shape index (κ1) is 62.8. The van der Waals surface area contributed by atoms with Gasteiger partial charge in [-0.3, -0.25) is 4.68 Å². The van der Waals surface area contributed by atoms with Crippen molar-refractivity contribution in [2.75, 3.05) is 106 Å². The normalized spacial score (nSPS) is 16.0. The summed E-state index contributed by atoms with van der Waals surface area (Å²) >= 11 is 0. The minimum atomic E-state index is -0.817. The molecule has 2 aromatic carbocycles. The van der Waals surface area contributed by atoms with E-state index in [1.165, 1.54) is 74.6 Å². The number of aryl methyl sites for hydroxylation is 3. The maximum atomic E-state index is 13.9. The van der Waals surface area contributed by atoms with Gasteiger partial charge in [0.1, 0.15) is 94.3 Å². The fourth-order valence-corrected chi connectivity index (χ4v) is 9.11. The molecule has 8 bridgehead atoms. The summed E-state index contributed by atoms with van der Waals surface area (Å²) in [4.78, 5) is 32.2. The van der Waals surface area contributed by atoms with Crippen LogP contribution < -0.4 is 32.8 Å². The molecule has 0 radical (unpaired) electrons. The Kier molecular flexibility index (Phi) is 27.2. The average molecular weight is 1160 g/mol. The quantitative estimate of drug-likeness (QED) is 0.0482. The first-order chi connectivity index (χ1) is 41.4. The van der Waals surface area contributed by atoms with Crippen molar-refractivity contribution in [1.82, 2.24) is 20.0 Å². The van der Waals surface area contributed by atoms with Crippen LogP contribution in [0, 0.1) is 0 Å². The van der Waals surface area contributed by atoms with Crippen LogP contribution in [-0.4, -0.2) is 138 Å². The van der Waals surface area contributed by atoms with Gasteiger partial charge in [0.15, 0.2) is 36.2 Å². The molecule has 0 aliphatic carbocycles. The van der Waals surface area contributed by atoms with Crippen molar-refractivity contribution in [2.45, 2.75) is 97.1 Å². The molecule has 0 saturated heterocycles. The zero-order chi connectivity index (χ0) is 58.1. The minimum absolute atomic E-state index is 0.00568. The van der Waals surface area contributed by atoms with Crippen molar-refractivity contribution in [1.29, 1.82) is 0 Å². The number of pyridine rings is 3. The molecular formula is C63H82N6O15+2. The highest BCUT2D eigenvalue weighted by atomic mass is 16.6. The van der Waals surface area contributed by atoms with Crippen LogP contribution in [0.15, 0.2) is 104 Å². The Labute approximate surface area is 492 Å². The van der Waals surface area contributed by atoms with Gasteiger partial charge in [-0.25, -0.2) is 23.7 Å². The third-order valence-corrected chi connectivity index (χ3v) is 13.5. The largest absolute Gasteiger partial charge is 0.491 e. The fourth-order valence-electron chi connectivity index (χ4n) is 9.11. The van der Waals surface area contributed by atoms with E-state index < -0.39 is 11.9 Å². The van der Waals surface area contributed by atoms with E-state index in [4.69, 9.17) is 61.6 Å². The van der Waals surface area contributed by atoms with Gasteiger partial charge in [-0.1, -0.05) is 50.2 Å². The van der Waals surface area contributed by atoms with Crippen LogP contribution >= 0.6 is 0 Å². The second kappa shape index (κ2) is 36.4. The van der Waals surface area contributed by atoms with E-state index in [1.807, 2.05) is 22.5 Å². The van der Waals surface area contributed by atoms with Gasteiger partial charge in [0.05, 0.1) is 85.5 Å². The Morgan fingerprint density at radius 3 is 1.30 bits per heavy atom. The van der Waals surface area contributed by atoms with Gasteiger partial charge in [-0.2, -0.15) is 0 Å². The molecule has 0 unspecified atom stereocenters. The number of carbonyl (C=O) groups excluding carboxylic acids is 2. The molecule has 21 heteroatoms. The zero-order valence-corrected chi connectivity index (χ0v) is 48.5. The molecule has 0 amide bonds. The molecule has 6 heterocycles. The Morgan fingerprint density at radius 2 is 0.857 bits per heavy atom. The zero-order valence-electron chi connectivity index (χ0n) is 48.5. The first-order valence-electron chi connectivity index (χ1n) is 29.5. The van der Waals surface area contributed by atoms with Crippen LogP contribution in [0.4, 0.5) is 0 Å². The first-order valence-corrected chi connectivity index (χ1v) is 29.5. The van der Waals surface area contributed by atoms with Gasteiger partial charge in [0, 0.05) is 61.5 Å². The number of unbranched alkanes of at least 4 members (excludes halogenated alkanes) is 9. The van der Waals surface area contributed by atoms with E-state index in [9.17, 15) is 9.59 Å². The van der Waals surface area contributed by atoms with Crippen LogP contribution in [0.3, 0.4) is 0 Å². The van der Waals surface area contributed by atoms with Crippen molar-refractivity contribution in [3.05, 3.63) is 132 Å². The number of ether oxygens (including phenoxy) is 13. The maximum absolute atomic E-state index is 13.9. The summed E-state index contributed by atoms with van der Waals surface area (Å²) in [7, 11) is 2.03. The van der Waals surface area contributed by atoms with Gasteiger partial charge >= 0.3 is 11.9 Å². The summed E-state index contributed by atoms with van der Waals surface area (Å²) in [5.74, 6) is 0.418. The van der Waals surface area contributed by atoms with Gasteiger partial charge in [0.2, 0.25) is 0 Å². The van der Waals surface area contributed by atoms with Crippen molar-refractivity contribution >= 4 is 11.9 Å². The number of nitrogens with zero attached hydrogens (tertiary/aromatic N) is 6. The number of carbonyl (C=O) groups is 2. The molecule has 0 atom stereocenters. The predicted octanol–water partition coefficient (Wildman–Crippen LogP) is 7.99. The molecule has 0 fully saturated rings. The summed E-state index contributed by atoms with van der Waals surface area (Å²) in [6.07, 6.45) is 22.3. The third-order valence-electron chi connectivity index (χ3n) is 13.5. The predicted molar refractivity (Wildman–Crippen MR) is 306 cm³/mol. The summed E-state index contributed by atoms with van der Waals surface area (Å²) < 4.78 is 82.4. The molecule has 0 N–H and O–H groups in total. The Bertz CT molecular complexity index is 2700. The number of benzene rings is 2. The van der Waals surface area contributed by atoms with Crippen molar-refractivity contribution in [2.24, 2.45) is 7.05 Å². The molecule has 2 aliphatic heterocycles. The lowest BCUT2D eigenvalue weighted by molar-refractivity contribution is -0.697. The van der Waals surface area contributed by atoms with Crippen molar-refractivity contribution in [3.8, 4) is 39.9 Å². The smallest absolute Gasteiger partial charge is 0.357 e. The van der Waals surface area contributed by atoms with E-state index in [2.05, 4.69) is 68.9 Å². The molecule has 2 aliphatic rings. The second-order valence-electron chi connectivity index (χ2n) is 20.3. The number of esters is 2. The average Bonchev–Trinajstić information content (AvgIpc) is 4.04. The Morgan fingerprint density at radius 1 is 0.464 bits per heavy atom. The highest BCUT2D eigenvalue weighted by Crippen LogP contribution is 2.27. The van der Waals surface area contributed by atoms with Crippen molar-refractivity contribution in [3.63, 3.8) is 0 Å². The van der Waals surface area contributed by atoms with Gasteiger partial charge in [-0.05, 0) is 59.4 Å². The van der Waals surface area contributed by atoms with E-state index in [1.54, 1.807) is 36.4 Å². The van der Waals surface area contributed by atoms with Crippen LogP contribution in [0.1, 0.15) is 102 Å². The standard InChI is InChI=1S/C63H82N6O15/c1-67-18-12-52(13-19-67)53-14-20-68(21-15-53)16-10-8-6-4-2-3-5-7-9-11-17-69-46-54(65-66-69)49-82-59-44-60-62(70)83-47-50-38-55-42-56(39-50)80-36-32-76-28-24-73-25-29-77-33-37-81-58-41-51(48-84-63(71)61(45-59)64-60)40-57(43-58)79-35-31-75-27-23-72-22-26-74-30-34-78-55/h12-15,18-21,38-46H,2-11,16-17,22-37,47-49H2,1H3/q+2. The second-order valence-corrected chi connectivity index (χ2v) is 20.3. The van der Waals surface area contributed by atoms with Crippen LogP contribution in [0.5, 0.6) is 28.7 Å². The molecule has 84 heavy (non-hydrogen) atoms. The summed E-state index contributed by atoms with van der Waals surface area (Å²) in [6.45, 7) is 6.48. The third kappa shape index (κ3) is 23.4. The van der Waals surface area contributed by atoms with Gasteiger partial charge in [-0.15, -0.1) is 5.10 Å². The SMILES string of the molecule is C[n+]1ccc(-c2cc[n+](CCCCCCCCCCCCn3cc(COc4cc5nc(c4)C(=O)OCc4cc6cc(c4)OCCOCCOCCOCCOc4cc(cc(c4)OCCOCCOCCOCCO6)COC5=O)nn3)cc2)cc1. The Hall–Kier alpha value is -7.27. The van der Waals surface area contributed by atoms with Crippen LogP contribution in [-0.2, 0) is 77.9 Å². The molecule has 0 spiro atoms. The molecule has 4 aromatic heterocycles. The number of hydrogen-bond donors (Lipinski definition) is 0. The highest BCUT2D eigenvalue weighted by molar-refractivity contribution is 5.92. The number of rotatable bonds is 17. The molecular weight excluding hydrogens is 1080 g/mol. The maximum Gasteiger partial charge on any atom is 0.357 e. The minimum Gasteiger partial charge on any atom is -0.491 e. The van der Waals surface area contributed by atoms with Gasteiger partial charge < -0.3 is 61.6 Å².